The molecule has 0 aliphatic carbocycles. The van der Waals surface area contributed by atoms with Gasteiger partial charge in [-0.05, 0) is 25.1 Å². The molecule has 1 aromatic heterocycles. The number of fused-ring (bicyclic) bond motifs is 1. The second-order valence-electron chi connectivity index (χ2n) is 3.24. The Morgan fingerprint density at radius 2 is 2.29 bits per heavy atom. The van der Waals surface area contributed by atoms with Gasteiger partial charge >= 0.3 is 0 Å². The van der Waals surface area contributed by atoms with Gasteiger partial charge in [0, 0.05) is 22.6 Å². The van der Waals surface area contributed by atoms with Crippen molar-refractivity contribution in [3.63, 3.8) is 0 Å². The van der Waals surface area contributed by atoms with Gasteiger partial charge < -0.3 is 5.73 Å². The molecule has 4 heteroatoms. The Kier molecular flexibility index (Phi) is 2.84. The smallest absolute Gasteiger partial charge is 0.0934 e. The fraction of sp³-hybridized carbons (Fsp3) is 0.300. The SMILES string of the molecule is NCCCn1cc2ccc(Br)cc2n1. The van der Waals surface area contributed by atoms with Crippen LogP contribution in [0.4, 0.5) is 0 Å². The summed E-state index contributed by atoms with van der Waals surface area (Å²) < 4.78 is 3.01. The molecule has 2 rings (SSSR count). The summed E-state index contributed by atoms with van der Waals surface area (Å²) in [6, 6.07) is 6.11. The molecule has 0 aliphatic rings. The van der Waals surface area contributed by atoms with Crippen LogP contribution in [0.5, 0.6) is 0 Å². The molecule has 0 fully saturated rings. The summed E-state index contributed by atoms with van der Waals surface area (Å²) in [7, 11) is 0. The number of hydrogen-bond donors (Lipinski definition) is 1. The molecule has 0 unspecified atom stereocenters. The van der Waals surface area contributed by atoms with Gasteiger partial charge in [-0.15, -0.1) is 0 Å². The van der Waals surface area contributed by atoms with Crippen LogP contribution in [0, 0.1) is 0 Å². The first-order chi connectivity index (χ1) is 6.79. The zero-order valence-corrected chi connectivity index (χ0v) is 9.37. The maximum Gasteiger partial charge on any atom is 0.0934 e. The second kappa shape index (κ2) is 4.11. The van der Waals surface area contributed by atoms with Crippen LogP contribution in [0.25, 0.3) is 10.9 Å². The van der Waals surface area contributed by atoms with Crippen LogP contribution in [0.1, 0.15) is 6.42 Å². The summed E-state index contributed by atoms with van der Waals surface area (Å²) in [5.41, 5.74) is 6.47. The maximum absolute atomic E-state index is 5.45. The summed E-state index contributed by atoms with van der Waals surface area (Å²) in [5.74, 6) is 0. The highest BCUT2D eigenvalue weighted by atomic mass is 79.9. The first kappa shape index (κ1) is 9.68. The molecule has 0 bridgehead atoms. The molecular weight excluding hydrogens is 242 g/mol. The molecule has 1 aromatic carbocycles. The largest absolute Gasteiger partial charge is 0.330 e. The van der Waals surface area contributed by atoms with Crippen LogP contribution in [0.2, 0.25) is 0 Å². The lowest BCUT2D eigenvalue weighted by Gasteiger charge is -1.96. The van der Waals surface area contributed by atoms with Crippen molar-refractivity contribution in [3.8, 4) is 0 Å². The number of benzene rings is 1. The number of nitrogens with two attached hydrogens (primary N) is 1. The number of nitrogens with zero attached hydrogens (tertiary/aromatic N) is 2. The van der Waals surface area contributed by atoms with E-state index in [4.69, 9.17) is 5.73 Å². The number of rotatable bonds is 3. The van der Waals surface area contributed by atoms with Crippen LogP contribution < -0.4 is 5.73 Å². The van der Waals surface area contributed by atoms with Crippen molar-refractivity contribution in [2.45, 2.75) is 13.0 Å². The van der Waals surface area contributed by atoms with Crippen molar-refractivity contribution in [2.75, 3.05) is 6.54 Å². The zero-order chi connectivity index (χ0) is 9.97. The number of hydrogen-bond acceptors (Lipinski definition) is 2. The van der Waals surface area contributed by atoms with Crippen LogP contribution >= 0.6 is 15.9 Å². The van der Waals surface area contributed by atoms with Crippen molar-refractivity contribution in [1.82, 2.24) is 9.78 Å². The Bertz CT molecular complexity index is 436. The Morgan fingerprint density at radius 3 is 3.07 bits per heavy atom. The molecule has 14 heavy (non-hydrogen) atoms. The molecule has 0 spiro atoms. The Balaban J connectivity index is 2.32. The van der Waals surface area contributed by atoms with Crippen molar-refractivity contribution in [2.24, 2.45) is 5.73 Å². The molecule has 2 aromatic rings. The normalized spacial score (nSPS) is 11.0. The van der Waals surface area contributed by atoms with Gasteiger partial charge in [0.05, 0.1) is 5.52 Å². The minimum absolute atomic E-state index is 0.708. The summed E-state index contributed by atoms with van der Waals surface area (Å²) >= 11 is 3.43. The molecule has 2 N–H and O–H groups in total. The summed E-state index contributed by atoms with van der Waals surface area (Å²) in [6.07, 6.45) is 3.02. The average Bonchev–Trinajstić information content (AvgIpc) is 2.56. The van der Waals surface area contributed by atoms with Gasteiger partial charge in [0.15, 0.2) is 0 Å². The van der Waals surface area contributed by atoms with Gasteiger partial charge in [0.1, 0.15) is 0 Å². The third kappa shape index (κ3) is 1.96. The minimum Gasteiger partial charge on any atom is -0.330 e. The molecule has 0 amide bonds. The van der Waals surface area contributed by atoms with Gasteiger partial charge in [0.25, 0.3) is 0 Å². The van der Waals surface area contributed by atoms with E-state index in [1.165, 1.54) is 5.39 Å². The van der Waals surface area contributed by atoms with E-state index in [1.54, 1.807) is 0 Å². The third-order valence-corrected chi connectivity index (χ3v) is 2.60. The van der Waals surface area contributed by atoms with E-state index in [0.29, 0.717) is 6.54 Å². The summed E-state index contributed by atoms with van der Waals surface area (Å²) in [4.78, 5) is 0. The van der Waals surface area contributed by atoms with E-state index < -0.39 is 0 Å². The molecule has 74 valence electrons. The van der Waals surface area contributed by atoms with Crippen LogP contribution in [0.15, 0.2) is 28.9 Å². The Labute approximate surface area is 91.0 Å². The lowest BCUT2D eigenvalue weighted by atomic mass is 10.3. The van der Waals surface area contributed by atoms with Gasteiger partial charge in [-0.1, -0.05) is 22.0 Å². The minimum atomic E-state index is 0.708. The molecule has 0 atom stereocenters. The van der Waals surface area contributed by atoms with E-state index in [9.17, 15) is 0 Å². The zero-order valence-electron chi connectivity index (χ0n) is 7.78. The van der Waals surface area contributed by atoms with E-state index >= 15 is 0 Å². The number of aryl methyl sites for hydroxylation is 1. The predicted octanol–water partition coefficient (Wildman–Crippen LogP) is 2.15. The van der Waals surface area contributed by atoms with Crippen molar-refractivity contribution in [1.29, 1.82) is 0 Å². The van der Waals surface area contributed by atoms with E-state index in [2.05, 4.69) is 33.3 Å². The fourth-order valence-corrected chi connectivity index (χ4v) is 1.76. The van der Waals surface area contributed by atoms with E-state index in [1.807, 2.05) is 16.8 Å². The van der Waals surface area contributed by atoms with Gasteiger partial charge in [-0.2, -0.15) is 5.10 Å². The second-order valence-corrected chi connectivity index (χ2v) is 4.15. The highest BCUT2D eigenvalue weighted by Crippen LogP contribution is 2.18. The van der Waals surface area contributed by atoms with Crippen LogP contribution in [-0.2, 0) is 6.54 Å². The van der Waals surface area contributed by atoms with Crippen LogP contribution in [0.3, 0.4) is 0 Å². The monoisotopic (exact) mass is 253 g/mol. The lowest BCUT2D eigenvalue weighted by molar-refractivity contribution is 0.590. The van der Waals surface area contributed by atoms with Crippen molar-refractivity contribution in [3.05, 3.63) is 28.9 Å². The van der Waals surface area contributed by atoms with Crippen LogP contribution in [-0.4, -0.2) is 16.3 Å². The lowest BCUT2D eigenvalue weighted by Crippen LogP contribution is -2.05. The topological polar surface area (TPSA) is 43.8 Å². The van der Waals surface area contributed by atoms with E-state index in [0.717, 1.165) is 23.0 Å². The molecule has 0 saturated carbocycles. The molecule has 1 heterocycles. The first-order valence-electron chi connectivity index (χ1n) is 4.62. The quantitative estimate of drug-likeness (QED) is 0.911. The molecule has 0 radical (unpaired) electrons. The Morgan fingerprint density at radius 1 is 1.43 bits per heavy atom. The summed E-state index contributed by atoms with van der Waals surface area (Å²) in [6.45, 7) is 1.60. The van der Waals surface area contributed by atoms with Crippen molar-refractivity contribution >= 4 is 26.8 Å². The standard InChI is InChI=1S/C10H12BrN3/c11-9-3-2-8-7-14(5-1-4-12)13-10(8)6-9/h2-3,6-7H,1,4-5,12H2. The predicted molar refractivity (Wildman–Crippen MR) is 61.1 cm³/mol. The van der Waals surface area contributed by atoms with Crippen molar-refractivity contribution < 1.29 is 0 Å². The Hall–Kier alpha value is -0.870. The van der Waals surface area contributed by atoms with Gasteiger partial charge in [0.2, 0.25) is 0 Å². The highest BCUT2D eigenvalue weighted by molar-refractivity contribution is 9.10. The molecule has 3 nitrogen and oxygen atoms in total. The summed E-state index contributed by atoms with van der Waals surface area (Å²) in [5, 5.41) is 5.61. The third-order valence-electron chi connectivity index (χ3n) is 2.11. The fourth-order valence-electron chi connectivity index (χ4n) is 1.41. The number of aromatic nitrogens is 2. The molecular formula is C10H12BrN3. The van der Waals surface area contributed by atoms with Gasteiger partial charge in [-0.3, -0.25) is 4.68 Å². The molecule has 0 aliphatic heterocycles. The highest BCUT2D eigenvalue weighted by Gasteiger charge is 2.00. The average molecular weight is 254 g/mol. The van der Waals surface area contributed by atoms with Gasteiger partial charge in [-0.25, -0.2) is 0 Å². The maximum atomic E-state index is 5.45. The number of halogens is 1. The van der Waals surface area contributed by atoms with E-state index in [-0.39, 0.29) is 0 Å². The first-order valence-corrected chi connectivity index (χ1v) is 5.41. The molecule has 0 saturated heterocycles.